The second-order valence-electron chi connectivity index (χ2n) is 7.40. The number of nitrogens with one attached hydrogen (secondary N) is 4. The van der Waals surface area contributed by atoms with E-state index < -0.39 is 34.2 Å². The Morgan fingerprint density at radius 1 is 1.00 bits per heavy atom. The van der Waals surface area contributed by atoms with Crippen LogP contribution in [-0.4, -0.2) is 38.0 Å². The van der Waals surface area contributed by atoms with Crippen LogP contribution in [0.1, 0.15) is 17.2 Å². The lowest BCUT2D eigenvalue weighted by Crippen LogP contribution is -2.51. The molecule has 0 aliphatic rings. The van der Waals surface area contributed by atoms with Crippen LogP contribution in [0.15, 0.2) is 71.4 Å². The maximum atomic E-state index is 13.3. The van der Waals surface area contributed by atoms with E-state index in [0.717, 1.165) is 0 Å². The number of nitrogens with two attached hydrogens (primary N) is 1. The molecular weight excluding hydrogens is 478 g/mol. The van der Waals surface area contributed by atoms with Crippen LogP contribution in [0.25, 0.3) is 0 Å². The number of carbonyl (C=O) groups excluding carboxylic acids is 2. The van der Waals surface area contributed by atoms with Crippen molar-refractivity contribution in [2.24, 2.45) is 5.14 Å². The van der Waals surface area contributed by atoms with Crippen molar-refractivity contribution >= 4 is 39.2 Å². The Labute approximate surface area is 201 Å². The van der Waals surface area contributed by atoms with Crippen LogP contribution in [0.2, 0.25) is 0 Å². The Bertz CT molecular complexity index is 1190. The van der Waals surface area contributed by atoms with Gasteiger partial charge in [-0.05, 0) is 34.7 Å². The van der Waals surface area contributed by atoms with Crippen molar-refractivity contribution in [1.29, 1.82) is 0 Å². The van der Waals surface area contributed by atoms with Crippen molar-refractivity contribution in [2.75, 3.05) is 11.9 Å². The fourth-order valence-electron chi connectivity index (χ4n) is 3.15. The summed E-state index contributed by atoms with van der Waals surface area (Å²) in [5.74, 6) is -0.454. The number of amides is 3. The number of anilines is 1. The third kappa shape index (κ3) is 8.15. The number of carbonyl (C=O) groups is 2. The molecule has 0 fully saturated rings. The number of urea groups is 1. The molecule has 0 bridgehead atoms. The number of rotatable bonds is 10. The first-order valence-electron chi connectivity index (χ1n) is 10.2. The smallest absolute Gasteiger partial charge is 0.319 e. The van der Waals surface area contributed by atoms with Gasteiger partial charge in [-0.25, -0.2) is 14.7 Å². The summed E-state index contributed by atoms with van der Waals surface area (Å²) in [6, 6.07) is 14.5. The molecule has 3 aromatic rings. The molecule has 1 heterocycles. The summed E-state index contributed by atoms with van der Waals surface area (Å²) in [5.41, 5.74) is 1.94. The van der Waals surface area contributed by atoms with Crippen molar-refractivity contribution in [3.8, 4) is 5.75 Å². The van der Waals surface area contributed by atoms with Gasteiger partial charge in [0.15, 0.2) is 0 Å². The van der Waals surface area contributed by atoms with Gasteiger partial charge in [-0.2, -0.15) is 19.8 Å². The molecule has 0 aliphatic carbocycles. The van der Waals surface area contributed by atoms with Crippen LogP contribution < -0.4 is 25.8 Å². The van der Waals surface area contributed by atoms with Crippen LogP contribution in [-0.2, 0) is 21.4 Å². The molecule has 2 aromatic carbocycles. The van der Waals surface area contributed by atoms with Crippen LogP contribution in [0.5, 0.6) is 5.75 Å². The molecule has 2 unspecified atom stereocenters. The van der Waals surface area contributed by atoms with Gasteiger partial charge in [0, 0.05) is 18.3 Å². The summed E-state index contributed by atoms with van der Waals surface area (Å²) in [4.78, 5) is 25.8. The molecule has 2 atom stereocenters. The van der Waals surface area contributed by atoms with Gasteiger partial charge in [-0.1, -0.05) is 42.5 Å². The van der Waals surface area contributed by atoms with E-state index in [4.69, 9.17) is 5.14 Å². The molecule has 34 heavy (non-hydrogen) atoms. The molecule has 12 heteroatoms. The number of phenols is 1. The first-order valence-corrected chi connectivity index (χ1v) is 12.7. The minimum atomic E-state index is -3.99. The maximum absolute atomic E-state index is 13.3. The van der Waals surface area contributed by atoms with E-state index in [2.05, 4.69) is 20.7 Å². The topological polar surface area (TPSA) is 163 Å². The van der Waals surface area contributed by atoms with E-state index in [-0.39, 0.29) is 18.7 Å². The average Bonchev–Trinajstić information content (AvgIpc) is 3.30. The molecule has 3 rings (SSSR count). The number of thiophene rings is 1. The molecule has 0 spiro atoms. The fourth-order valence-corrected chi connectivity index (χ4v) is 4.13. The highest BCUT2D eigenvalue weighted by atomic mass is 32.2. The zero-order chi connectivity index (χ0) is 24.6. The lowest BCUT2D eigenvalue weighted by atomic mass is 10.0. The first kappa shape index (κ1) is 25.2. The highest BCUT2D eigenvalue weighted by Gasteiger charge is 2.25. The normalized spacial score (nSPS) is 13.0. The molecule has 10 nitrogen and oxygen atoms in total. The van der Waals surface area contributed by atoms with E-state index in [0.29, 0.717) is 16.8 Å². The van der Waals surface area contributed by atoms with Gasteiger partial charge in [0.25, 0.3) is 10.2 Å². The van der Waals surface area contributed by atoms with Gasteiger partial charge < -0.3 is 21.1 Å². The summed E-state index contributed by atoms with van der Waals surface area (Å²) in [7, 11) is -3.99. The minimum Gasteiger partial charge on any atom is -0.508 e. The van der Waals surface area contributed by atoms with Gasteiger partial charge in [-0.3, -0.25) is 4.79 Å². The highest BCUT2D eigenvalue weighted by molar-refractivity contribution is 7.87. The van der Waals surface area contributed by atoms with Crippen LogP contribution in [0.4, 0.5) is 10.5 Å². The zero-order valence-electron chi connectivity index (χ0n) is 18.0. The fraction of sp³-hybridized carbons (Fsp3) is 0.182. The lowest BCUT2D eigenvalue weighted by molar-refractivity contribution is -0.123. The molecule has 7 N–H and O–H groups in total. The molecule has 1 aromatic heterocycles. The monoisotopic (exact) mass is 503 g/mol. The minimum absolute atomic E-state index is 0.0751. The number of phenolic OH excluding ortho intramolecular Hbond substituents is 1. The van der Waals surface area contributed by atoms with E-state index >= 15 is 0 Å². The number of hydrogen-bond donors (Lipinski definition) is 6. The van der Waals surface area contributed by atoms with Crippen LogP contribution >= 0.6 is 11.3 Å². The quantitative estimate of drug-likeness (QED) is 0.248. The third-order valence-electron chi connectivity index (χ3n) is 4.78. The first-order chi connectivity index (χ1) is 16.2. The van der Waals surface area contributed by atoms with Gasteiger partial charge in [0.2, 0.25) is 5.91 Å². The Morgan fingerprint density at radius 3 is 2.32 bits per heavy atom. The predicted octanol–water partition coefficient (Wildman–Crippen LogP) is 1.84. The Balaban J connectivity index is 1.78. The Hall–Kier alpha value is -3.45. The molecule has 3 amide bonds. The van der Waals surface area contributed by atoms with Gasteiger partial charge in [0.05, 0.1) is 11.7 Å². The van der Waals surface area contributed by atoms with E-state index in [9.17, 15) is 23.1 Å². The van der Waals surface area contributed by atoms with E-state index in [1.54, 1.807) is 59.3 Å². The molecule has 0 saturated carbocycles. The van der Waals surface area contributed by atoms with Gasteiger partial charge in [-0.15, -0.1) is 0 Å². The standard InChI is InChI=1S/C22H25N5O5S2/c23-34(31,32)24-13-20(16-4-2-1-3-5-16)26-21(29)19(12-15-6-8-18(28)9-7-15)27-22(30)25-17-10-11-33-14-17/h1-11,14,19-20,24,28H,12-13H2,(H,26,29)(H2,23,31,32)(H2,25,27,30). The number of hydrogen-bond acceptors (Lipinski definition) is 6. The summed E-state index contributed by atoms with van der Waals surface area (Å²) in [6.45, 7) is -0.179. The second kappa shape index (κ2) is 11.6. The van der Waals surface area contributed by atoms with Crippen molar-refractivity contribution in [3.63, 3.8) is 0 Å². The highest BCUT2D eigenvalue weighted by Crippen LogP contribution is 2.15. The molecule has 180 valence electrons. The van der Waals surface area contributed by atoms with Gasteiger partial charge >= 0.3 is 6.03 Å². The lowest BCUT2D eigenvalue weighted by Gasteiger charge is -2.24. The number of aromatic hydroxyl groups is 1. The van der Waals surface area contributed by atoms with Crippen LogP contribution in [0, 0.1) is 0 Å². The van der Waals surface area contributed by atoms with Crippen molar-refractivity contribution in [1.82, 2.24) is 15.4 Å². The largest absolute Gasteiger partial charge is 0.508 e. The van der Waals surface area contributed by atoms with E-state index in [1.165, 1.54) is 23.5 Å². The molecule has 0 saturated heterocycles. The molecule has 0 aliphatic heterocycles. The third-order valence-corrected chi connectivity index (χ3v) is 6.04. The summed E-state index contributed by atoms with van der Waals surface area (Å²) < 4.78 is 25.0. The Morgan fingerprint density at radius 2 is 1.71 bits per heavy atom. The predicted molar refractivity (Wildman–Crippen MR) is 131 cm³/mol. The van der Waals surface area contributed by atoms with Crippen LogP contribution in [0.3, 0.4) is 0 Å². The van der Waals surface area contributed by atoms with E-state index in [1.807, 2.05) is 0 Å². The summed E-state index contributed by atoms with van der Waals surface area (Å²) in [6.07, 6.45) is 0.132. The van der Waals surface area contributed by atoms with Crippen molar-refractivity contribution < 1.29 is 23.1 Å². The Kier molecular flexibility index (Phi) is 8.60. The molecule has 0 radical (unpaired) electrons. The number of benzene rings is 2. The van der Waals surface area contributed by atoms with Crippen molar-refractivity contribution in [3.05, 3.63) is 82.6 Å². The maximum Gasteiger partial charge on any atom is 0.319 e. The second-order valence-corrected chi connectivity index (χ2v) is 9.56. The SMILES string of the molecule is NS(=O)(=O)NCC(NC(=O)C(Cc1ccc(O)cc1)NC(=O)Nc1ccsc1)c1ccccc1. The summed E-state index contributed by atoms with van der Waals surface area (Å²) in [5, 5.41) is 26.3. The summed E-state index contributed by atoms with van der Waals surface area (Å²) >= 11 is 1.41. The molecular formula is C22H25N5O5S2. The van der Waals surface area contributed by atoms with Crippen molar-refractivity contribution in [2.45, 2.75) is 18.5 Å². The average molecular weight is 504 g/mol. The zero-order valence-corrected chi connectivity index (χ0v) is 19.6. The van der Waals surface area contributed by atoms with Gasteiger partial charge in [0.1, 0.15) is 11.8 Å².